The highest BCUT2D eigenvalue weighted by atomic mass is 19.1. The molecule has 0 bridgehead atoms. The van der Waals surface area contributed by atoms with Crippen LogP contribution in [0.15, 0.2) is 18.2 Å². The van der Waals surface area contributed by atoms with Gasteiger partial charge in [-0.15, -0.1) is 0 Å². The van der Waals surface area contributed by atoms with Crippen LogP contribution in [0.5, 0.6) is 0 Å². The van der Waals surface area contributed by atoms with Crippen LogP contribution in [0.2, 0.25) is 0 Å². The van der Waals surface area contributed by atoms with E-state index in [4.69, 9.17) is 5.11 Å². The van der Waals surface area contributed by atoms with E-state index < -0.39 is 5.82 Å². The molecule has 2 N–H and O–H groups in total. The number of carbonyl (C=O) groups excluding carboxylic acids is 1. The maximum absolute atomic E-state index is 13.6. The number of hydrogen-bond donors (Lipinski definition) is 2. The van der Waals surface area contributed by atoms with E-state index in [1.54, 1.807) is 12.1 Å². The van der Waals surface area contributed by atoms with E-state index in [1.807, 2.05) is 6.92 Å². The zero-order valence-electron chi connectivity index (χ0n) is 13.1. The van der Waals surface area contributed by atoms with Crippen LogP contribution in [-0.4, -0.2) is 35.0 Å². The molecule has 122 valence electrons. The molecule has 1 aromatic carbocycles. The molecule has 1 saturated heterocycles. The van der Waals surface area contributed by atoms with Crippen molar-refractivity contribution in [1.82, 2.24) is 10.2 Å². The average molecular weight is 308 g/mol. The molecular weight excluding hydrogens is 283 g/mol. The number of aliphatic hydroxyl groups excluding tert-OH is 1. The van der Waals surface area contributed by atoms with Crippen LogP contribution in [-0.2, 0) is 17.9 Å². The van der Waals surface area contributed by atoms with Gasteiger partial charge in [-0.2, -0.15) is 0 Å². The molecule has 1 amide bonds. The highest BCUT2D eigenvalue weighted by Crippen LogP contribution is 2.13. The number of hydrogen-bond acceptors (Lipinski definition) is 3. The van der Waals surface area contributed by atoms with Crippen molar-refractivity contribution in [3.8, 4) is 0 Å². The number of halogens is 1. The summed E-state index contributed by atoms with van der Waals surface area (Å²) >= 11 is 0. The van der Waals surface area contributed by atoms with E-state index in [-0.39, 0.29) is 24.1 Å². The van der Waals surface area contributed by atoms with Crippen molar-refractivity contribution >= 4 is 5.91 Å². The maximum Gasteiger partial charge on any atom is 0.237 e. The van der Waals surface area contributed by atoms with Crippen molar-refractivity contribution in [1.29, 1.82) is 0 Å². The van der Waals surface area contributed by atoms with Gasteiger partial charge in [0.05, 0.1) is 12.6 Å². The summed E-state index contributed by atoms with van der Waals surface area (Å²) in [4.78, 5) is 14.5. The Balaban J connectivity index is 1.87. The monoisotopic (exact) mass is 308 g/mol. The zero-order valence-corrected chi connectivity index (χ0v) is 13.1. The fraction of sp³-hybridized carbons (Fsp3) is 0.588. The predicted octanol–water partition coefficient (Wildman–Crippen LogP) is 2.20. The summed E-state index contributed by atoms with van der Waals surface area (Å²) in [5.74, 6) is -0.455. The number of carbonyl (C=O) groups is 1. The van der Waals surface area contributed by atoms with Gasteiger partial charge in [0, 0.05) is 12.1 Å². The first-order chi connectivity index (χ1) is 10.6. The first kappa shape index (κ1) is 16.9. The highest BCUT2D eigenvalue weighted by molar-refractivity contribution is 5.81. The summed E-state index contributed by atoms with van der Waals surface area (Å²) < 4.78 is 13.6. The summed E-state index contributed by atoms with van der Waals surface area (Å²) in [6.07, 6.45) is 4.76. The first-order valence-corrected chi connectivity index (χ1v) is 8.01. The van der Waals surface area contributed by atoms with Crippen molar-refractivity contribution in [2.75, 3.05) is 13.1 Å². The van der Waals surface area contributed by atoms with Crippen molar-refractivity contribution in [3.63, 3.8) is 0 Å². The van der Waals surface area contributed by atoms with Gasteiger partial charge in [-0.1, -0.05) is 25.0 Å². The van der Waals surface area contributed by atoms with Crippen molar-refractivity contribution in [2.24, 2.45) is 0 Å². The van der Waals surface area contributed by atoms with Gasteiger partial charge >= 0.3 is 0 Å². The number of nitrogens with zero attached hydrogens (tertiary/aromatic N) is 1. The lowest BCUT2D eigenvalue weighted by atomic mass is 10.1. The zero-order chi connectivity index (χ0) is 15.9. The van der Waals surface area contributed by atoms with Gasteiger partial charge in [-0.05, 0) is 44.5 Å². The Morgan fingerprint density at radius 3 is 2.59 bits per heavy atom. The third kappa shape index (κ3) is 4.52. The van der Waals surface area contributed by atoms with Crippen LogP contribution >= 0.6 is 0 Å². The molecule has 2 rings (SSSR count). The summed E-state index contributed by atoms with van der Waals surface area (Å²) in [5, 5.41) is 11.8. The maximum atomic E-state index is 13.6. The minimum atomic E-state index is -0.435. The van der Waals surface area contributed by atoms with Gasteiger partial charge in [0.1, 0.15) is 5.82 Å². The van der Waals surface area contributed by atoms with Crippen LogP contribution < -0.4 is 5.32 Å². The standard InChI is InChI=1S/C17H25FN2O2/c1-13(20-8-4-2-3-5-9-20)17(22)19-11-14-6-7-15(12-21)16(18)10-14/h6-7,10,13,21H,2-5,8-9,11-12H2,1H3,(H,19,22). The normalized spacial score (nSPS) is 17.8. The average Bonchev–Trinajstić information content (AvgIpc) is 2.81. The molecule has 5 heteroatoms. The molecule has 0 aliphatic carbocycles. The molecule has 0 radical (unpaired) electrons. The lowest BCUT2D eigenvalue weighted by molar-refractivity contribution is -0.126. The van der Waals surface area contributed by atoms with Crippen LogP contribution in [0.4, 0.5) is 4.39 Å². The number of benzene rings is 1. The molecule has 22 heavy (non-hydrogen) atoms. The SMILES string of the molecule is CC(C(=O)NCc1ccc(CO)c(F)c1)N1CCCCCC1. The van der Waals surface area contributed by atoms with Gasteiger partial charge in [-0.3, -0.25) is 9.69 Å². The third-order valence-corrected chi connectivity index (χ3v) is 4.32. The Morgan fingerprint density at radius 1 is 1.32 bits per heavy atom. The third-order valence-electron chi connectivity index (χ3n) is 4.32. The van der Waals surface area contributed by atoms with E-state index in [9.17, 15) is 9.18 Å². The Morgan fingerprint density at radius 2 is 2.00 bits per heavy atom. The molecule has 1 atom stereocenters. The molecule has 1 unspecified atom stereocenters. The molecule has 0 spiro atoms. The fourth-order valence-electron chi connectivity index (χ4n) is 2.81. The van der Waals surface area contributed by atoms with Crippen molar-refractivity contribution < 1.29 is 14.3 Å². The summed E-state index contributed by atoms with van der Waals surface area (Å²) in [5.41, 5.74) is 0.971. The Bertz CT molecular complexity index is 499. The molecule has 1 aromatic rings. The summed E-state index contributed by atoms with van der Waals surface area (Å²) in [7, 11) is 0. The van der Waals surface area contributed by atoms with Gasteiger partial charge in [0.25, 0.3) is 0 Å². The first-order valence-electron chi connectivity index (χ1n) is 8.01. The fourth-order valence-corrected chi connectivity index (χ4v) is 2.81. The highest BCUT2D eigenvalue weighted by Gasteiger charge is 2.21. The van der Waals surface area contributed by atoms with Crippen LogP contribution in [0.25, 0.3) is 0 Å². The number of amides is 1. The summed E-state index contributed by atoms with van der Waals surface area (Å²) in [6.45, 7) is 3.85. The molecule has 0 saturated carbocycles. The number of likely N-dealkylation sites (tertiary alicyclic amines) is 1. The van der Waals surface area contributed by atoms with E-state index in [1.165, 1.54) is 18.9 Å². The number of nitrogens with one attached hydrogen (secondary N) is 1. The molecule has 4 nitrogen and oxygen atoms in total. The van der Waals surface area contributed by atoms with Gasteiger partial charge in [0.15, 0.2) is 0 Å². The lowest BCUT2D eigenvalue weighted by Gasteiger charge is -2.26. The van der Waals surface area contributed by atoms with E-state index in [2.05, 4.69) is 10.2 Å². The second-order valence-electron chi connectivity index (χ2n) is 5.93. The second-order valence-corrected chi connectivity index (χ2v) is 5.93. The smallest absolute Gasteiger partial charge is 0.237 e. The molecule has 1 aliphatic heterocycles. The van der Waals surface area contributed by atoms with Gasteiger partial charge < -0.3 is 10.4 Å². The van der Waals surface area contributed by atoms with E-state index in [0.717, 1.165) is 25.9 Å². The van der Waals surface area contributed by atoms with Gasteiger partial charge in [0.2, 0.25) is 5.91 Å². The van der Waals surface area contributed by atoms with Crippen LogP contribution in [0, 0.1) is 5.82 Å². The van der Waals surface area contributed by atoms with Crippen molar-refractivity contribution in [2.45, 2.75) is 51.8 Å². The quantitative estimate of drug-likeness (QED) is 0.877. The largest absolute Gasteiger partial charge is 0.392 e. The van der Waals surface area contributed by atoms with Gasteiger partial charge in [-0.25, -0.2) is 4.39 Å². The predicted molar refractivity (Wildman–Crippen MR) is 83.7 cm³/mol. The summed E-state index contributed by atoms with van der Waals surface area (Å²) in [6, 6.07) is 4.49. The van der Waals surface area contributed by atoms with Crippen LogP contribution in [0.3, 0.4) is 0 Å². The van der Waals surface area contributed by atoms with E-state index in [0.29, 0.717) is 12.1 Å². The Hall–Kier alpha value is -1.46. The molecular formula is C17H25FN2O2. The van der Waals surface area contributed by atoms with Crippen molar-refractivity contribution in [3.05, 3.63) is 35.1 Å². The minimum absolute atomic E-state index is 0.0199. The molecule has 1 heterocycles. The molecule has 0 aromatic heterocycles. The lowest BCUT2D eigenvalue weighted by Crippen LogP contribution is -2.45. The number of rotatable bonds is 5. The van der Waals surface area contributed by atoms with E-state index >= 15 is 0 Å². The minimum Gasteiger partial charge on any atom is -0.392 e. The number of aliphatic hydroxyl groups is 1. The molecule has 1 aliphatic rings. The second kappa shape index (κ2) is 8.25. The Kier molecular flexibility index (Phi) is 6.34. The topological polar surface area (TPSA) is 52.6 Å². The van der Waals surface area contributed by atoms with Crippen LogP contribution in [0.1, 0.15) is 43.7 Å². The molecule has 1 fully saturated rings. The Labute approximate surface area is 131 Å².